The molecule has 0 saturated carbocycles. The molecule has 4 N–H and O–H groups in total. The number of hydrogen-bond donors (Lipinski definition) is 3. The van der Waals surface area contributed by atoms with Crippen LogP contribution in [-0.2, 0) is 4.79 Å². The van der Waals surface area contributed by atoms with E-state index in [1.165, 1.54) is 12.3 Å². The number of anilines is 1. The van der Waals surface area contributed by atoms with Crippen molar-refractivity contribution in [3.8, 4) is 0 Å². The summed E-state index contributed by atoms with van der Waals surface area (Å²) in [4.78, 5) is 27.8. The number of primary amides is 1. The number of pyridine rings is 1. The Balaban J connectivity index is 1.77. The number of fused-ring (bicyclic) bond motifs is 1. The summed E-state index contributed by atoms with van der Waals surface area (Å²) in [7, 11) is 0. The van der Waals surface area contributed by atoms with E-state index in [0.29, 0.717) is 11.1 Å². The summed E-state index contributed by atoms with van der Waals surface area (Å²) in [5.74, 6) is -0.747. The van der Waals surface area contributed by atoms with E-state index in [0.717, 1.165) is 11.1 Å². The Morgan fingerprint density at radius 1 is 1.19 bits per heavy atom. The number of amides is 3. The molecule has 6 nitrogen and oxygen atoms in total. The van der Waals surface area contributed by atoms with Gasteiger partial charge in [-0.1, -0.05) is 42.0 Å². The zero-order valence-corrected chi connectivity index (χ0v) is 14.7. The molecule has 1 heterocycles. The molecule has 0 aliphatic heterocycles. The summed E-state index contributed by atoms with van der Waals surface area (Å²) in [5.41, 5.74) is 7.71. The topological polar surface area (TPSA) is 97.1 Å². The minimum Gasteiger partial charge on any atom is -0.352 e. The summed E-state index contributed by atoms with van der Waals surface area (Å²) >= 11 is 0. The molecule has 138 valence electrons. The molecule has 3 rings (SSSR count). The number of halogens is 1. The number of hydrogen-bond acceptors (Lipinski definition) is 3. The summed E-state index contributed by atoms with van der Waals surface area (Å²) in [6.45, 7) is 1.92. The van der Waals surface area contributed by atoms with E-state index in [1.807, 2.05) is 31.2 Å². The van der Waals surface area contributed by atoms with E-state index in [9.17, 15) is 14.0 Å². The maximum Gasteiger partial charge on any atom is 0.312 e. The Kier molecular flexibility index (Phi) is 5.30. The van der Waals surface area contributed by atoms with Crippen molar-refractivity contribution in [1.29, 1.82) is 0 Å². The number of rotatable bonds is 5. The minimum atomic E-state index is -0.711. The van der Waals surface area contributed by atoms with E-state index in [-0.39, 0.29) is 17.8 Å². The van der Waals surface area contributed by atoms with Crippen LogP contribution in [0.1, 0.15) is 23.6 Å². The van der Waals surface area contributed by atoms with Gasteiger partial charge >= 0.3 is 6.03 Å². The van der Waals surface area contributed by atoms with Crippen molar-refractivity contribution in [3.05, 3.63) is 71.7 Å². The lowest BCUT2D eigenvalue weighted by Crippen LogP contribution is -2.35. The molecule has 3 amide bonds. The lowest BCUT2D eigenvalue weighted by molar-refractivity contribution is -0.116. The lowest BCUT2D eigenvalue weighted by atomic mass is 10.0. The molecule has 3 aromatic rings. The van der Waals surface area contributed by atoms with Gasteiger partial charge in [0.05, 0.1) is 24.3 Å². The van der Waals surface area contributed by atoms with Gasteiger partial charge in [0.2, 0.25) is 5.91 Å². The van der Waals surface area contributed by atoms with Crippen molar-refractivity contribution in [2.24, 2.45) is 5.73 Å². The molecular weight excluding hydrogens is 347 g/mol. The van der Waals surface area contributed by atoms with Crippen LogP contribution < -0.4 is 16.4 Å². The molecular formula is C20H19FN4O2. The van der Waals surface area contributed by atoms with E-state index in [2.05, 4.69) is 15.6 Å². The van der Waals surface area contributed by atoms with Gasteiger partial charge in [-0.05, 0) is 24.6 Å². The smallest absolute Gasteiger partial charge is 0.312 e. The maximum atomic E-state index is 13.7. The molecule has 0 saturated heterocycles. The quantitative estimate of drug-likeness (QED) is 0.645. The van der Waals surface area contributed by atoms with Crippen molar-refractivity contribution in [2.45, 2.75) is 19.4 Å². The predicted molar refractivity (Wildman–Crippen MR) is 102 cm³/mol. The van der Waals surface area contributed by atoms with E-state index >= 15 is 0 Å². The standard InChI is InChI=1S/C20H19FN4O2/c1-12-4-2-5-13(8-12)17(25-20(22)27)10-18(26)24-15-9-14-6-3-7-16(21)19(14)23-11-15/h2-9,11,17H,10H2,1H3,(H,24,26)(H3,22,25,27). The van der Waals surface area contributed by atoms with Crippen molar-refractivity contribution < 1.29 is 14.0 Å². The largest absolute Gasteiger partial charge is 0.352 e. The Hall–Kier alpha value is -3.48. The van der Waals surface area contributed by atoms with E-state index in [1.54, 1.807) is 18.2 Å². The van der Waals surface area contributed by atoms with Crippen LogP contribution in [0.25, 0.3) is 10.9 Å². The summed E-state index contributed by atoms with van der Waals surface area (Å²) < 4.78 is 13.7. The normalized spacial score (nSPS) is 11.8. The average Bonchev–Trinajstić information content (AvgIpc) is 2.61. The Bertz CT molecular complexity index is 1010. The highest BCUT2D eigenvalue weighted by molar-refractivity contribution is 5.93. The SMILES string of the molecule is Cc1cccc(C(CC(=O)Nc2cnc3c(F)cccc3c2)NC(N)=O)c1. The summed E-state index contributed by atoms with van der Waals surface area (Å²) in [6, 6.07) is 12.5. The predicted octanol–water partition coefficient (Wildman–Crippen LogP) is 3.42. The second kappa shape index (κ2) is 7.82. The summed E-state index contributed by atoms with van der Waals surface area (Å²) in [5, 5.41) is 5.90. The highest BCUT2D eigenvalue weighted by Crippen LogP contribution is 2.21. The molecule has 0 bridgehead atoms. The fraction of sp³-hybridized carbons (Fsp3) is 0.150. The highest BCUT2D eigenvalue weighted by atomic mass is 19.1. The zero-order valence-electron chi connectivity index (χ0n) is 14.7. The van der Waals surface area contributed by atoms with Gasteiger partial charge in [-0.2, -0.15) is 0 Å². The first-order chi connectivity index (χ1) is 12.9. The molecule has 0 fully saturated rings. The number of aromatic nitrogens is 1. The van der Waals surface area contributed by atoms with Gasteiger partial charge in [0.15, 0.2) is 0 Å². The van der Waals surface area contributed by atoms with Gasteiger partial charge in [-0.25, -0.2) is 9.18 Å². The van der Waals surface area contributed by atoms with Crippen molar-refractivity contribution in [1.82, 2.24) is 10.3 Å². The van der Waals surface area contributed by atoms with Crippen LogP contribution in [0.4, 0.5) is 14.9 Å². The number of benzene rings is 2. The monoisotopic (exact) mass is 366 g/mol. The molecule has 7 heteroatoms. The van der Waals surface area contributed by atoms with Gasteiger partial charge in [-0.15, -0.1) is 0 Å². The average molecular weight is 366 g/mol. The van der Waals surface area contributed by atoms with Gasteiger partial charge in [-0.3, -0.25) is 9.78 Å². The van der Waals surface area contributed by atoms with Crippen molar-refractivity contribution in [2.75, 3.05) is 5.32 Å². The van der Waals surface area contributed by atoms with Crippen LogP contribution in [0.3, 0.4) is 0 Å². The number of para-hydroxylation sites is 1. The van der Waals surface area contributed by atoms with Gasteiger partial charge in [0, 0.05) is 5.39 Å². The van der Waals surface area contributed by atoms with Gasteiger partial charge < -0.3 is 16.4 Å². The molecule has 1 atom stereocenters. The van der Waals surface area contributed by atoms with Crippen LogP contribution in [0.15, 0.2) is 54.7 Å². The van der Waals surface area contributed by atoms with Gasteiger partial charge in [0.25, 0.3) is 0 Å². The third-order valence-corrected chi connectivity index (χ3v) is 4.10. The minimum absolute atomic E-state index is 0.00637. The fourth-order valence-electron chi connectivity index (χ4n) is 2.90. The van der Waals surface area contributed by atoms with E-state index in [4.69, 9.17) is 5.73 Å². The number of nitrogens with two attached hydrogens (primary N) is 1. The van der Waals surface area contributed by atoms with Crippen molar-refractivity contribution in [3.63, 3.8) is 0 Å². The van der Waals surface area contributed by atoms with E-state index < -0.39 is 17.9 Å². The number of carbonyl (C=O) groups excluding carboxylic acids is 2. The highest BCUT2D eigenvalue weighted by Gasteiger charge is 2.18. The first-order valence-electron chi connectivity index (χ1n) is 8.39. The third-order valence-electron chi connectivity index (χ3n) is 4.10. The third kappa shape index (κ3) is 4.58. The maximum absolute atomic E-state index is 13.7. The second-order valence-electron chi connectivity index (χ2n) is 6.26. The Labute approximate surface area is 155 Å². The molecule has 1 unspecified atom stereocenters. The fourth-order valence-corrected chi connectivity index (χ4v) is 2.90. The first kappa shape index (κ1) is 18.3. The van der Waals surface area contributed by atoms with Crippen molar-refractivity contribution >= 4 is 28.5 Å². The van der Waals surface area contributed by atoms with Crippen LogP contribution in [0.2, 0.25) is 0 Å². The van der Waals surface area contributed by atoms with Crippen LogP contribution in [-0.4, -0.2) is 16.9 Å². The molecule has 27 heavy (non-hydrogen) atoms. The molecule has 0 spiro atoms. The van der Waals surface area contributed by atoms with Gasteiger partial charge in [0.1, 0.15) is 11.3 Å². The molecule has 0 aliphatic carbocycles. The van der Waals surface area contributed by atoms with Crippen LogP contribution >= 0.6 is 0 Å². The number of nitrogens with one attached hydrogen (secondary N) is 2. The number of urea groups is 1. The molecule has 2 aromatic carbocycles. The molecule has 0 radical (unpaired) electrons. The Morgan fingerprint density at radius 3 is 2.70 bits per heavy atom. The van der Waals surface area contributed by atoms with Crippen LogP contribution in [0.5, 0.6) is 0 Å². The number of carbonyl (C=O) groups is 2. The zero-order chi connectivity index (χ0) is 19.4. The summed E-state index contributed by atoms with van der Waals surface area (Å²) in [6.07, 6.45) is 1.39. The second-order valence-corrected chi connectivity index (χ2v) is 6.26. The Morgan fingerprint density at radius 2 is 1.96 bits per heavy atom. The number of aryl methyl sites for hydroxylation is 1. The first-order valence-corrected chi connectivity index (χ1v) is 8.39. The number of nitrogens with zero attached hydrogens (tertiary/aromatic N) is 1. The lowest BCUT2D eigenvalue weighted by Gasteiger charge is -2.18. The van der Waals surface area contributed by atoms with Crippen LogP contribution in [0, 0.1) is 12.7 Å². The molecule has 0 aliphatic rings. The molecule has 1 aromatic heterocycles.